The molecule has 0 spiro atoms. The van der Waals surface area contributed by atoms with Crippen molar-refractivity contribution in [2.75, 3.05) is 5.32 Å². The summed E-state index contributed by atoms with van der Waals surface area (Å²) < 4.78 is 2.24. The largest absolute Gasteiger partial charge is 0.354 e. The zero-order valence-electron chi connectivity index (χ0n) is 12.4. The molecule has 110 valence electrons. The second-order valence-corrected chi connectivity index (χ2v) is 6.74. The monoisotopic (exact) mass is 314 g/mol. The van der Waals surface area contributed by atoms with E-state index in [1.807, 2.05) is 17.8 Å². The van der Waals surface area contributed by atoms with Gasteiger partial charge in [0, 0.05) is 27.1 Å². The molecule has 2 nitrogen and oxygen atoms in total. The maximum absolute atomic E-state index is 3.57. The molecule has 1 aliphatic rings. The van der Waals surface area contributed by atoms with Gasteiger partial charge >= 0.3 is 0 Å². The summed E-state index contributed by atoms with van der Waals surface area (Å²) in [7, 11) is 0. The number of rotatable bonds is 1. The molecule has 0 radical (unpaired) electrons. The third kappa shape index (κ3) is 2.05. The molecule has 0 saturated carbocycles. The first kappa shape index (κ1) is 12.9. The van der Waals surface area contributed by atoms with Crippen molar-refractivity contribution in [1.29, 1.82) is 0 Å². The lowest BCUT2D eigenvalue weighted by Crippen LogP contribution is -2.00. The van der Waals surface area contributed by atoms with Gasteiger partial charge in [-0.2, -0.15) is 0 Å². The van der Waals surface area contributed by atoms with Crippen LogP contribution in [-0.4, -0.2) is 4.57 Å². The van der Waals surface area contributed by atoms with E-state index < -0.39 is 0 Å². The molecule has 2 heterocycles. The average molecular weight is 314 g/mol. The molecule has 1 aliphatic heterocycles. The van der Waals surface area contributed by atoms with Crippen molar-refractivity contribution in [3.8, 4) is 5.69 Å². The summed E-state index contributed by atoms with van der Waals surface area (Å²) in [6.45, 7) is 0. The quantitative estimate of drug-likeness (QED) is 0.418. The van der Waals surface area contributed by atoms with Gasteiger partial charge in [0.2, 0.25) is 0 Å². The van der Waals surface area contributed by atoms with E-state index in [9.17, 15) is 0 Å². The van der Waals surface area contributed by atoms with Crippen molar-refractivity contribution in [1.82, 2.24) is 4.57 Å². The molecule has 1 N–H and O–H groups in total. The first-order valence-electron chi connectivity index (χ1n) is 7.63. The zero-order chi connectivity index (χ0) is 15.2. The highest BCUT2D eigenvalue weighted by atomic mass is 32.2. The molecule has 0 amide bonds. The van der Waals surface area contributed by atoms with Crippen molar-refractivity contribution in [3.63, 3.8) is 0 Å². The Labute approximate surface area is 138 Å². The lowest BCUT2D eigenvalue weighted by Gasteiger charge is -2.21. The van der Waals surface area contributed by atoms with Gasteiger partial charge in [-0.1, -0.05) is 42.1 Å². The van der Waals surface area contributed by atoms with Crippen LogP contribution < -0.4 is 5.32 Å². The molecular formula is C20H14N2S. The van der Waals surface area contributed by atoms with E-state index in [-0.39, 0.29) is 0 Å². The number of aromatic nitrogens is 1. The van der Waals surface area contributed by atoms with Gasteiger partial charge in [-0.15, -0.1) is 0 Å². The van der Waals surface area contributed by atoms with Crippen LogP contribution in [0.1, 0.15) is 0 Å². The Morgan fingerprint density at radius 1 is 0.739 bits per heavy atom. The third-order valence-electron chi connectivity index (χ3n) is 4.20. The van der Waals surface area contributed by atoms with E-state index >= 15 is 0 Å². The van der Waals surface area contributed by atoms with Crippen LogP contribution in [0.3, 0.4) is 0 Å². The summed E-state index contributed by atoms with van der Waals surface area (Å²) in [5.41, 5.74) is 4.77. The maximum atomic E-state index is 3.57. The fourth-order valence-corrected chi connectivity index (χ4v) is 4.10. The molecule has 0 unspecified atom stereocenters. The number of para-hydroxylation sites is 2. The van der Waals surface area contributed by atoms with Gasteiger partial charge in [-0.25, -0.2) is 0 Å². The normalized spacial score (nSPS) is 12.5. The van der Waals surface area contributed by atoms with E-state index in [1.165, 1.54) is 37.8 Å². The first-order chi connectivity index (χ1) is 11.4. The van der Waals surface area contributed by atoms with Crippen LogP contribution in [0.5, 0.6) is 0 Å². The molecule has 0 bridgehead atoms. The second-order valence-electron chi connectivity index (χ2n) is 5.65. The van der Waals surface area contributed by atoms with Crippen LogP contribution in [0.25, 0.3) is 16.6 Å². The molecule has 3 aromatic carbocycles. The Bertz CT molecular complexity index is 1020. The molecule has 23 heavy (non-hydrogen) atoms. The molecule has 0 saturated heterocycles. The number of hydrogen-bond acceptors (Lipinski definition) is 2. The van der Waals surface area contributed by atoms with E-state index in [2.05, 4.69) is 82.8 Å². The van der Waals surface area contributed by atoms with Crippen molar-refractivity contribution >= 4 is 34.0 Å². The Hall–Kier alpha value is -2.65. The van der Waals surface area contributed by atoms with Crippen molar-refractivity contribution in [3.05, 3.63) is 79.0 Å². The molecular weight excluding hydrogens is 300 g/mol. The molecule has 0 atom stereocenters. The van der Waals surface area contributed by atoms with Gasteiger partial charge in [-0.05, 0) is 42.5 Å². The zero-order valence-corrected chi connectivity index (χ0v) is 13.2. The Balaban J connectivity index is 1.68. The summed E-state index contributed by atoms with van der Waals surface area (Å²) in [5, 5.41) is 4.83. The highest BCUT2D eigenvalue weighted by Crippen LogP contribution is 2.45. The van der Waals surface area contributed by atoms with Crippen LogP contribution in [0.2, 0.25) is 0 Å². The minimum Gasteiger partial charge on any atom is -0.354 e. The Kier molecular flexibility index (Phi) is 2.76. The highest BCUT2D eigenvalue weighted by molar-refractivity contribution is 7.99. The fourth-order valence-electron chi connectivity index (χ4n) is 3.08. The second kappa shape index (κ2) is 4.93. The topological polar surface area (TPSA) is 17.0 Å². The molecule has 1 aromatic heterocycles. The van der Waals surface area contributed by atoms with Crippen LogP contribution in [0.4, 0.5) is 11.4 Å². The first-order valence-corrected chi connectivity index (χ1v) is 8.44. The standard InChI is InChI=1S/C20H14N2S/c1-2-6-15(7-3-1)22-11-10-14-12-20-17(13-18(14)22)21-16-8-4-5-9-19(16)23-20/h1-13,21H. The highest BCUT2D eigenvalue weighted by Gasteiger charge is 2.17. The number of benzene rings is 3. The van der Waals surface area contributed by atoms with Gasteiger partial charge in [0.25, 0.3) is 0 Å². The lowest BCUT2D eigenvalue weighted by atomic mass is 10.2. The summed E-state index contributed by atoms with van der Waals surface area (Å²) in [6.07, 6.45) is 2.14. The molecule has 4 aromatic rings. The van der Waals surface area contributed by atoms with Crippen molar-refractivity contribution < 1.29 is 0 Å². The summed E-state index contributed by atoms with van der Waals surface area (Å²) in [6, 6.07) is 25.6. The van der Waals surface area contributed by atoms with E-state index in [0.29, 0.717) is 0 Å². The van der Waals surface area contributed by atoms with Crippen LogP contribution in [-0.2, 0) is 0 Å². The fraction of sp³-hybridized carbons (Fsp3) is 0. The molecule has 0 fully saturated rings. The van der Waals surface area contributed by atoms with E-state index in [0.717, 1.165) is 0 Å². The summed E-state index contributed by atoms with van der Waals surface area (Å²) in [4.78, 5) is 2.56. The van der Waals surface area contributed by atoms with Crippen molar-refractivity contribution in [2.24, 2.45) is 0 Å². The molecule has 3 heteroatoms. The number of fused-ring (bicyclic) bond motifs is 3. The van der Waals surface area contributed by atoms with Crippen LogP contribution in [0.15, 0.2) is 88.8 Å². The number of nitrogens with zero attached hydrogens (tertiary/aromatic N) is 1. The summed E-state index contributed by atoms with van der Waals surface area (Å²) in [5.74, 6) is 0. The summed E-state index contributed by atoms with van der Waals surface area (Å²) >= 11 is 1.83. The van der Waals surface area contributed by atoms with Gasteiger partial charge < -0.3 is 9.88 Å². The number of hydrogen-bond donors (Lipinski definition) is 1. The predicted molar refractivity (Wildman–Crippen MR) is 97.1 cm³/mol. The molecule has 5 rings (SSSR count). The van der Waals surface area contributed by atoms with E-state index in [1.54, 1.807) is 0 Å². The Morgan fingerprint density at radius 3 is 2.48 bits per heavy atom. The number of nitrogens with one attached hydrogen (secondary N) is 1. The van der Waals surface area contributed by atoms with Gasteiger partial charge in [0.05, 0.1) is 16.9 Å². The van der Waals surface area contributed by atoms with Crippen molar-refractivity contribution in [2.45, 2.75) is 9.79 Å². The third-order valence-corrected chi connectivity index (χ3v) is 5.34. The van der Waals surface area contributed by atoms with Gasteiger partial charge in [0.15, 0.2) is 0 Å². The van der Waals surface area contributed by atoms with Gasteiger partial charge in [-0.3, -0.25) is 0 Å². The van der Waals surface area contributed by atoms with E-state index in [4.69, 9.17) is 0 Å². The van der Waals surface area contributed by atoms with Gasteiger partial charge in [0.1, 0.15) is 0 Å². The number of anilines is 2. The molecule has 0 aliphatic carbocycles. The minimum atomic E-state index is 1.18. The van der Waals surface area contributed by atoms with Crippen LogP contribution >= 0.6 is 11.8 Å². The minimum absolute atomic E-state index is 1.18. The van der Waals surface area contributed by atoms with Crippen LogP contribution in [0, 0.1) is 0 Å². The average Bonchev–Trinajstić information content (AvgIpc) is 3.01. The maximum Gasteiger partial charge on any atom is 0.0549 e. The smallest absolute Gasteiger partial charge is 0.0549 e. The predicted octanol–water partition coefficient (Wildman–Crippen LogP) is 5.84. The SMILES string of the molecule is c1ccc(-n2ccc3cc4c(cc32)Nc2ccccc2S4)cc1. The lowest BCUT2D eigenvalue weighted by molar-refractivity contribution is 1.13. The Morgan fingerprint density at radius 2 is 1.57 bits per heavy atom.